The Kier molecular flexibility index (Phi) is 4.68. The molecule has 0 amide bonds. The molecule has 128 valence electrons. The molecule has 0 aliphatic carbocycles. The van der Waals surface area contributed by atoms with E-state index in [2.05, 4.69) is 68.0 Å². The second kappa shape index (κ2) is 6.59. The van der Waals surface area contributed by atoms with Gasteiger partial charge < -0.3 is 9.64 Å². The quantitative estimate of drug-likeness (QED) is 0.750. The first kappa shape index (κ1) is 17.0. The van der Waals surface area contributed by atoms with Gasteiger partial charge in [-0.05, 0) is 24.1 Å². The lowest BCUT2D eigenvalue weighted by molar-refractivity contribution is 0.393. The van der Waals surface area contributed by atoms with Crippen LogP contribution in [-0.2, 0) is 0 Å². The summed E-state index contributed by atoms with van der Waals surface area (Å²) in [5.41, 5.74) is 3.75. The zero-order valence-corrected chi connectivity index (χ0v) is 16.4. The number of rotatable bonds is 4. The van der Waals surface area contributed by atoms with E-state index in [-0.39, 0.29) is 0 Å². The van der Waals surface area contributed by atoms with Crippen molar-refractivity contribution in [1.29, 1.82) is 0 Å². The van der Waals surface area contributed by atoms with Crippen LogP contribution in [0.4, 0.5) is 5.69 Å². The summed E-state index contributed by atoms with van der Waals surface area (Å²) in [6.45, 7) is 7.38. The SMILES string of the molecule is COc1ccc2c(n1)[C@@H](c1ccccc1)C[C@@H](C[Si](C)(C)C)N2C. The van der Waals surface area contributed by atoms with E-state index in [9.17, 15) is 0 Å². The molecule has 1 aliphatic heterocycles. The summed E-state index contributed by atoms with van der Waals surface area (Å²) >= 11 is 0. The van der Waals surface area contributed by atoms with Crippen molar-refractivity contribution in [1.82, 2.24) is 4.98 Å². The van der Waals surface area contributed by atoms with Crippen LogP contribution in [0, 0.1) is 0 Å². The number of methoxy groups -OCH3 is 1. The van der Waals surface area contributed by atoms with Crippen LogP contribution in [0.1, 0.15) is 23.6 Å². The van der Waals surface area contributed by atoms with Crippen molar-refractivity contribution < 1.29 is 4.74 Å². The van der Waals surface area contributed by atoms with E-state index in [0.717, 1.165) is 12.1 Å². The second-order valence-electron chi connectivity index (χ2n) is 7.99. The molecular weight excluding hydrogens is 312 g/mol. The summed E-state index contributed by atoms with van der Waals surface area (Å²) in [7, 11) is 2.77. The largest absolute Gasteiger partial charge is 0.481 e. The minimum absolute atomic E-state index is 0.342. The predicted octanol–water partition coefficient (Wildman–Crippen LogP) is 4.77. The van der Waals surface area contributed by atoms with Crippen LogP contribution in [0.3, 0.4) is 0 Å². The minimum Gasteiger partial charge on any atom is -0.481 e. The predicted molar refractivity (Wildman–Crippen MR) is 104 cm³/mol. The highest BCUT2D eigenvalue weighted by Crippen LogP contribution is 2.43. The summed E-state index contributed by atoms with van der Waals surface area (Å²) in [4.78, 5) is 7.26. The highest BCUT2D eigenvalue weighted by molar-refractivity contribution is 6.76. The van der Waals surface area contributed by atoms with Crippen molar-refractivity contribution in [2.24, 2.45) is 0 Å². The van der Waals surface area contributed by atoms with E-state index < -0.39 is 8.07 Å². The molecule has 2 aromatic rings. The average molecular weight is 341 g/mol. The third kappa shape index (κ3) is 3.48. The molecule has 1 aromatic heterocycles. The zero-order chi connectivity index (χ0) is 17.3. The molecule has 0 N–H and O–H groups in total. The Morgan fingerprint density at radius 2 is 1.83 bits per heavy atom. The Hall–Kier alpha value is -1.81. The molecule has 3 nitrogen and oxygen atoms in total. The number of pyridine rings is 1. The van der Waals surface area contributed by atoms with E-state index in [1.165, 1.54) is 17.3 Å². The maximum atomic E-state index is 5.38. The maximum absolute atomic E-state index is 5.38. The summed E-state index contributed by atoms with van der Waals surface area (Å²) in [5.74, 6) is 1.04. The molecule has 0 radical (unpaired) electrons. The topological polar surface area (TPSA) is 25.4 Å². The zero-order valence-electron chi connectivity index (χ0n) is 15.4. The molecule has 0 saturated heterocycles. The van der Waals surface area contributed by atoms with Crippen LogP contribution in [0.25, 0.3) is 0 Å². The van der Waals surface area contributed by atoms with E-state index in [1.807, 2.05) is 6.07 Å². The molecular formula is C20H28N2OSi. The summed E-state index contributed by atoms with van der Waals surface area (Å²) < 4.78 is 5.38. The molecule has 2 heterocycles. The smallest absolute Gasteiger partial charge is 0.213 e. The second-order valence-corrected chi connectivity index (χ2v) is 13.5. The molecule has 24 heavy (non-hydrogen) atoms. The van der Waals surface area contributed by atoms with Gasteiger partial charge in [-0.3, -0.25) is 0 Å². The fourth-order valence-electron chi connectivity index (χ4n) is 3.76. The van der Waals surface area contributed by atoms with Gasteiger partial charge in [0.05, 0.1) is 18.5 Å². The first-order valence-corrected chi connectivity index (χ1v) is 12.4. The summed E-state index contributed by atoms with van der Waals surface area (Å²) in [6, 6.07) is 16.8. The number of ether oxygens (including phenoxy) is 1. The number of hydrogen-bond donors (Lipinski definition) is 0. The molecule has 0 saturated carbocycles. The lowest BCUT2D eigenvalue weighted by Gasteiger charge is -2.42. The van der Waals surface area contributed by atoms with Gasteiger partial charge in [0.15, 0.2) is 0 Å². The fourth-order valence-corrected chi connectivity index (χ4v) is 5.62. The van der Waals surface area contributed by atoms with Gasteiger partial charge in [-0.1, -0.05) is 50.0 Å². The molecule has 0 spiro atoms. The number of hydrogen-bond acceptors (Lipinski definition) is 3. The van der Waals surface area contributed by atoms with Crippen molar-refractivity contribution >= 4 is 13.8 Å². The van der Waals surface area contributed by atoms with Crippen LogP contribution >= 0.6 is 0 Å². The summed E-state index contributed by atoms with van der Waals surface area (Å²) in [6.07, 6.45) is 1.12. The van der Waals surface area contributed by atoms with Crippen LogP contribution in [0.15, 0.2) is 42.5 Å². The third-order valence-corrected chi connectivity index (χ3v) is 6.60. The van der Waals surface area contributed by atoms with Gasteiger partial charge in [0.1, 0.15) is 0 Å². The van der Waals surface area contributed by atoms with Gasteiger partial charge in [-0.25, -0.2) is 4.98 Å². The maximum Gasteiger partial charge on any atom is 0.213 e. The Bertz CT molecular complexity index is 697. The molecule has 0 unspecified atom stereocenters. The van der Waals surface area contributed by atoms with E-state index in [0.29, 0.717) is 17.8 Å². The van der Waals surface area contributed by atoms with Crippen LogP contribution < -0.4 is 9.64 Å². The Labute approximate surface area is 146 Å². The lowest BCUT2D eigenvalue weighted by atomic mass is 9.84. The van der Waals surface area contributed by atoms with Crippen LogP contribution in [-0.4, -0.2) is 33.3 Å². The number of nitrogens with zero attached hydrogens (tertiary/aromatic N) is 2. The molecule has 4 heteroatoms. The third-order valence-electron chi connectivity index (χ3n) is 4.90. The molecule has 3 rings (SSSR count). The van der Waals surface area contributed by atoms with Crippen LogP contribution in [0.2, 0.25) is 25.7 Å². The molecule has 2 atom stereocenters. The van der Waals surface area contributed by atoms with Gasteiger partial charge in [-0.2, -0.15) is 0 Å². The first-order valence-electron chi connectivity index (χ1n) is 8.72. The van der Waals surface area contributed by atoms with E-state index >= 15 is 0 Å². The Morgan fingerprint density at radius 1 is 1.12 bits per heavy atom. The fraction of sp³-hybridized carbons (Fsp3) is 0.450. The molecule has 0 fully saturated rings. The van der Waals surface area contributed by atoms with Crippen molar-refractivity contribution in [2.45, 2.75) is 44.1 Å². The van der Waals surface area contributed by atoms with Gasteiger partial charge >= 0.3 is 0 Å². The minimum atomic E-state index is -1.14. The Balaban J connectivity index is 2.05. The van der Waals surface area contributed by atoms with Gasteiger partial charge in [0.25, 0.3) is 0 Å². The highest BCUT2D eigenvalue weighted by atomic mass is 28.3. The Morgan fingerprint density at radius 3 is 2.46 bits per heavy atom. The number of benzene rings is 1. The standard InChI is InChI=1S/C20H28N2OSi/c1-22-16(14-24(3,4)5)13-17(15-9-7-6-8-10-15)20-18(22)11-12-19(21-20)23-2/h6-12,16-17H,13-14H2,1-5H3/t16-,17+/m0/s1. The number of aromatic nitrogens is 1. The van der Waals surface area contributed by atoms with Crippen molar-refractivity contribution in [3.8, 4) is 5.88 Å². The van der Waals surface area contributed by atoms with Gasteiger partial charge in [0.2, 0.25) is 5.88 Å². The molecule has 0 bridgehead atoms. The number of anilines is 1. The normalized spacial score (nSPS) is 20.6. The van der Waals surface area contributed by atoms with Crippen molar-refractivity contribution in [2.75, 3.05) is 19.1 Å². The van der Waals surface area contributed by atoms with Crippen molar-refractivity contribution in [3.63, 3.8) is 0 Å². The molecule has 1 aliphatic rings. The van der Waals surface area contributed by atoms with Crippen molar-refractivity contribution in [3.05, 3.63) is 53.7 Å². The van der Waals surface area contributed by atoms with E-state index in [1.54, 1.807) is 7.11 Å². The highest BCUT2D eigenvalue weighted by Gasteiger charge is 2.35. The average Bonchev–Trinajstić information content (AvgIpc) is 2.56. The van der Waals surface area contributed by atoms with E-state index in [4.69, 9.17) is 9.72 Å². The van der Waals surface area contributed by atoms with Gasteiger partial charge in [0, 0.05) is 33.1 Å². The molecule has 1 aromatic carbocycles. The summed E-state index contributed by atoms with van der Waals surface area (Å²) in [5, 5.41) is 0. The van der Waals surface area contributed by atoms with Crippen LogP contribution in [0.5, 0.6) is 5.88 Å². The monoisotopic (exact) mass is 340 g/mol. The lowest BCUT2D eigenvalue weighted by Crippen LogP contribution is -2.42. The number of fused-ring (bicyclic) bond motifs is 1. The first-order chi connectivity index (χ1) is 11.4. The van der Waals surface area contributed by atoms with Gasteiger partial charge in [-0.15, -0.1) is 0 Å².